The van der Waals surface area contributed by atoms with Crippen molar-refractivity contribution in [3.8, 4) is 11.5 Å². The topological polar surface area (TPSA) is 61.7 Å². The SMILES string of the molecule is O=C(NC[C@@H]1CCCO1)c1cc2sccc2n1Cc1ccc2c(c1)OCO2. The van der Waals surface area contributed by atoms with Crippen molar-refractivity contribution >= 4 is 27.5 Å². The first-order valence-electron chi connectivity index (χ1n) is 9.13. The zero-order chi connectivity index (χ0) is 18.2. The number of rotatable bonds is 5. The highest BCUT2D eigenvalue weighted by molar-refractivity contribution is 7.17. The summed E-state index contributed by atoms with van der Waals surface area (Å²) in [5.74, 6) is 1.46. The molecule has 4 heterocycles. The largest absolute Gasteiger partial charge is 0.454 e. The van der Waals surface area contributed by atoms with Crippen LogP contribution in [0.25, 0.3) is 10.2 Å². The van der Waals surface area contributed by atoms with Crippen LogP contribution in [0, 0.1) is 0 Å². The van der Waals surface area contributed by atoms with Crippen molar-refractivity contribution in [1.29, 1.82) is 0 Å². The lowest BCUT2D eigenvalue weighted by atomic mass is 10.2. The summed E-state index contributed by atoms with van der Waals surface area (Å²) in [6, 6.07) is 9.94. The Morgan fingerprint density at radius 2 is 2.15 bits per heavy atom. The molecule has 1 saturated heterocycles. The molecule has 0 saturated carbocycles. The van der Waals surface area contributed by atoms with E-state index in [0.717, 1.165) is 46.7 Å². The van der Waals surface area contributed by atoms with Gasteiger partial charge in [-0.15, -0.1) is 11.3 Å². The fraction of sp³-hybridized carbons (Fsp3) is 0.350. The summed E-state index contributed by atoms with van der Waals surface area (Å²) in [4.78, 5) is 12.8. The van der Waals surface area contributed by atoms with Gasteiger partial charge in [0.15, 0.2) is 11.5 Å². The average molecular weight is 384 g/mol. The molecule has 5 rings (SSSR count). The molecule has 140 valence electrons. The summed E-state index contributed by atoms with van der Waals surface area (Å²) in [5.41, 5.74) is 2.81. The van der Waals surface area contributed by atoms with E-state index in [9.17, 15) is 4.79 Å². The number of nitrogens with zero attached hydrogens (tertiary/aromatic N) is 1. The molecule has 3 aromatic rings. The number of amides is 1. The lowest BCUT2D eigenvalue weighted by Crippen LogP contribution is -2.33. The first kappa shape index (κ1) is 16.6. The normalized spacial score (nSPS) is 18.3. The smallest absolute Gasteiger partial charge is 0.268 e. The van der Waals surface area contributed by atoms with Gasteiger partial charge in [-0.2, -0.15) is 0 Å². The summed E-state index contributed by atoms with van der Waals surface area (Å²) in [6.07, 6.45) is 2.21. The van der Waals surface area contributed by atoms with Crippen LogP contribution in [0.4, 0.5) is 0 Å². The van der Waals surface area contributed by atoms with E-state index in [0.29, 0.717) is 18.8 Å². The second kappa shape index (κ2) is 6.90. The van der Waals surface area contributed by atoms with Crippen molar-refractivity contribution in [1.82, 2.24) is 9.88 Å². The molecule has 0 radical (unpaired) electrons. The lowest BCUT2D eigenvalue weighted by molar-refractivity contribution is 0.0851. The van der Waals surface area contributed by atoms with Crippen LogP contribution in [-0.2, 0) is 11.3 Å². The van der Waals surface area contributed by atoms with Gasteiger partial charge in [0, 0.05) is 19.7 Å². The predicted octanol–water partition coefficient (Wildman–Crippen LogP) is 3.39. The molecular weight excluding hydrogens is 364 g/mol. The molecule has 2 aromatic heterocycles. The highest BCUT2D eigenvalue weighted by Crippen LogP contribution is 2.33. The summed E-state index contributed by atoms with van der Waals surface area (Å²) >= 11 is 1.64. The third-order valence-electron chi connectivity index (χ3n) is 5.05. The van der Waals surface area contributed by atoms with Crippen LogP contribution in [0.1, 0.15) is 28.9 Å². The average Bonchev–Trinajstić information content (AvgIpc) is 3.45. The van der Waals surface area contributed by atoms with E-state index in [-0.39, 0.29) is 18.8 Å². The molecule has 2 aliphatic heterocycles. The van der Waals surface area contributed by atoms with Gasteiger partial charge in [0.25, 0.3) is 5.91 Å². The fourth-order valence-corrected chi connectivity index (χ4v) is 4.48. The first-order chi connectivity index (χ1) is 13.3. The van der Waals surface area contributed by atoms with Gasteiger partial charge in [-0.25, -0.2) is 0 Å². The zero-order valence-corrected chi connectivity index (χ0v) is 15.6. The van der Waals surface area contributed by atoms with E-state index in [4.69, 9.17) is 14.2 Å². The van der Waals surface area contributed by atoms with Crippen LogP contribution < -0.4 is 14.8 Å². The number of benzene rings is 1. The Morgan fingerprint density at radius 3 is 3.04 bits per heavy atom. The molecule has 2 aliphatic rings. The van der Waals surface area contributed by atoms with E-state index in [2.05, 4.69) is 21.3 Å². The highest BCUT2D eigenvalue weighted by Gasteiger charge is 2.21. The minimum Gasteiger partial charge on any atom is -0.454 e. The van der Waals surface area contributed by atoms with Gasteiger partial charge < -0.3 is 24.1 Å². The van der Waals surface area contributed by atoms with Crippen molar-refractivity contribution < 1.29 is 19.0 Å². The van der Waals surface area contributed by atoms with Gasteiger partial charge >= 0.3 is 0 Å². The Hall–Kier alpha value is -2.51. The number of hydrogen-bond donors (Lipinski definition) is 1. The molecular formula is C20H20N2O4S. The van der Waals surface area contributed by atoms with Crippen molar-refractivity contribution in [2.24, 2.45) is 0 Å². The number of thiophene rings is 1. The van der Waals surface area contributed by atoms with E-state index >= 15 is 0 Å². The number of carbonyl (C=O) groups excluding carboxylic acids is 1. The summed E-state index contributed by atoms with van der Waals surface area (Å²) < 4.78 is 19.6. The Morgan fingerprint density at radius 1 is 1.22 bits per heavy atom. The van der Waals surface area contributed by atoms with Gasteiger partial charge in [-0.3, -0.25) is 4.79 Å². The molecule has 6 nitrogen and oxygen atoms in total. The third kappa shape index (κ3) is 3.17. The van der Waals surface area contributed by atoms with Crippen LogP contribution in [0.3, 0.4) is 0 Å². The van der Waals surface area contributed by atoms with Gasteiger partial charge in [-0.1, -0.05) is 6.07 Å². The van der Waals surface area contributed by atoms with Crippen LogP contribution in [0.15, 0.2) is 35.7 Å². The fourth-order valence-electron chi connectivity index (χ4n) is 3.66. The quantitative estimate of drug-likeness (QED) is 0.733. The second-order valence-corrected chi connectivity index (χ2v) is 7.77. The number of fused-ring (bicyclic) bond motifs is 2. The Kier molecular flexibility index (Phi) is 4.26. The third-order valence-corrected chi connectivity index (χ3v) is 5.90. The number of carbonyl (C=O) groups is 1. The van der Waals surface area contributed by atoms with Crippen molar-refractivity contribution in [3.63, 3.8) is 0 Å². The number of hydrogen-bond acceptors (Lipinski definition) is 5. The Labute approximate surface area is 160 Å². The van der Waals surface area contributed by atoms with Crippen LogP contribution in [-0.4, -0.2) is 36.5 Å². The maximum absolute atomic E-state index is 12.8. The summed E-state index contributed by atoms with van der Waals surface area (Å²) in [6.45, 7) is 2.20. The first-order valence-corrected chi connectivity index (χ1v) is 10.0. The minimum absolute atomic E-state index is 0.0605. The molecule has 1 N–H and O–H groups in total. The molecule has 1 fully saturated rings. The second-order valence-electron chi connectivity index (χ2n) is 6.82. The molecule has 0 aliphatic carbocycles. The number of nitrogens with one attached hydrogen (secondary N) is 1. The standard InChI is InChI=1S/C20H20N2O4S/c23-20(21-10-14-2-1-6-24-14)16-9-19-15(5-7-27-19)22(16)11-13-3-4-17-18(8-13)26-12-25-17/h3-5,7-9,14H,1-2,6,10-12H2,(H,21,23)/t14-/m0/s1. The zero-order valence-electron chi connectivity index (χ0n) is 14.8. The van der Waals surface area contributed by atoms with E-state index in [1.54, 1.807) is 11.3 Å². The monoisotopic (exact) mass is 384 g/mol. The van der Waals surface area contributed by atoms with Gasteiger partial charge in [0.2, 0.25) is 6.79 Å². The van der Waals surface area contributed by atoms with Crippen LogP contribution in [0.2, 0.25) is 0 Å². The van der Waals surface area contributed by atoms with Crippen LogP contribution >= 0.6 is 11.3 Å². The lowest BCUT2D eigenvalue weighted by Gasteiger charge is -2.13. The van der Waals surface area contributed by atoms with E-state index in [1.165, 1.54) is 0 Å². The molecule has 7 heteroatoms. The Balaban J connectivity index is 1.41. The van der Waals surface area contributed by atoms with E-state index in [1.807, 2.05) is 24.3 Å². The van der Waals surface area contributed by atoms with Gasteiger partial charge in [0.1, 0.15) is 5.69 Å². The molecule has 1 amide bonds. The molecule has 0 spiro atoms. The highest BCUT2D eigenvalue weighted by atomic mass is 32.1. The molecule has 1 aromatic carbocycles. The van der Waals surface area contributed by atoms with Crippen molar-refractivity contribution in [3.05, 3.63) is 47.0 Å². The maximum atomic E-state index is 12.8. The minimum atomic E-state index is -0.0605. The number of ether oxygens (including phenoxy) is 3. The molecule has 0 unspecified atom stereocenters. The number of aromatic nitrogens is 1. The summed E-state index contributed by atoms with van der Waals surface area (Å²) in [7, 11) is 0. The maximum Gasteiger partial charge on any atom is 0.268 e. The molecule has 27 heavy (non-hydrogen) atoms. The van der Waals surface area contributed by atoms with Crippen LogP contribution in [0.5, 0.6) is 11.5 Å². The summed E-state index contributed by atoms with van der Waals surface area (Å²) in [5, 5.41) is 5.09. The van der Waals surface area contributed by atoms with Gasteiger partial charge in [0.05, 0.1) is 16.3 Å². The van der Waals surface area contributed by atoms with Crippen molar-refractivity contribution in [2.45, 2.75) is 25.5 Å². The molecule has 1 atom stereocenters. The van der Waals surface area contributed by atoms with Gasteiger partial charge in [-0.05, 0) is 48.1 Å². The van der Waals surface area contributed by atoms with E-state index < -0.39 is 0 Å². The predicted molar refractivity (Wildman–Crippen MR) is 103 cm³/mol. The van der Waals surface area contributed by atoms with Crippen molar-refractivity contribution in [2.75, 3.05) is 19.9 Å². The molecule has 0 bridgehead atoms. The Bertz CT molecular complexity index is 987.